The van der Waals surface area contributed by atoms with E-state index in [4.69, 9.17) is 9.47 Å². The minimum absolute atomic E-state index is 0.495. The van der Waals surface area contributed by atoms with Crippen LogP contribution in [0.1, 0.15) is 18.1 Å². The van der Waals surface area contributed by atoms with Crippen LogP contribution in [0.3, 0.4) is 0 Å². The molecule has 0 spiro atoms. The van der Waals surface area contributed by atoms with E-state index in [9.17, 15) is 5.26 Å². The Morgan fingerprint density at radius 1 is 1.19 bits per heavy atom. The van der Waals surface area contributed by atoms with Crippen LogP contribution in [0.4, 0.5) is 5.82 Å². The van der Waals surface area contributed by atoms with Crippen molar-refractivity contribution in [2.75, 3.05) is 19.1 Å². The molecule has 0 bridgehead atoms. The monoisotopic (exact) mass is 429 g/mol. The summed E-state index contributed by atoms with van der Waals surface area (Å²) >= 11 is 1.44. The van der Waals surface area contributed by atoms with Gasteiger partial charge in [-0.1, -0.05) is 24.3 Å². The van der Waals surface area contributed by atoms with Crippen LogP contribution in [-0.2, 0) is 0 Å². The number of rotatable bonds is 7. The number of hydrogen-bond acceptors (Lipinski definition) is 8. The van der Waals surface area contributed by atoms with Crippen molar-refractivity contribution in [1.82, 2.24) is 9.97 Å². The topological polar surface area (TPSA) is 92.4 Å². The first-order valence-corrected chi connectivity index (χ1v) is 10.4. The Bertz CT molecular complexity index is 1290. The minimum Gasteiger partial charge on any atom is -0.497 e. The second-order valence-corrected chi connectivity index (χ2v) is 7.41. The van der Waals surface area contributed by atoms with E-state index in [0.717, 1.165) is 32.2 Å². The molecular weight excluding hydrogens is 410 g/mol. The highest BCUT2D eigenvalue weighted by atomic mass is 32.1. The van der Waals surface area contributed by atoms with Crippen LogP contribution in [0.25, 0.3) is 20.7 Å². The maximum Gasteiger partial charge on any atom is 0.167 e. The summed E-state index contributed by atoms with van der Waals surface area (Å²) in [5, 5.41) is 14.1. The molecule has 0 saturated heterocycles. The molecule has 0 atom stereocenters. The molecule has 0 fully saturated rings. The molecule has 2 aromatic carbocycles. The third-order valence-corrected chi connectivity index (χ3v) is 5.71. The maximum absolute atomic E-state index is 9.85. The van der Waals surface area contributed by atoms with Crippen molar-refractivity contribution in [2.45, 2.75) is 6.92 Å². The van der Waals surface area contributed by atoms with Gasteiger partial charge in [0.15, 0.2) is 5.82 Å². The highest BCUT2D eigenvalue weighted by Crippen LogP contribution is 2.43. The molecule has 0 aliphatic carbocycles. The van der Waals surface area contributed by atoms with Gasteiger partial charge in [-0.05, 0) is 36.8 Å². The fourth-order valence-electron chi connectivity index (χ4n) is 3.11. The average Bonchev–Trinajstić information content (AvgIpc) is 3.19. The molecule has 0 amide bonds. The first-order valence-electron chi connectivity index (χ1n) is 9.58. The molecule has 0 unspecified atom stereocenters. The number of benzene rings is 2. The van der Waals surface area contributed by atoms with E-state index in [-0.39, 0.29) is 0 Å². The zero-order valence-electron chi connectivity index (χ0n) is 17.0. The van der Waals surface area contributed by atoms with E-state index in [1.165, 1.54) is 17.7 Å². The Hall–Kier alpha value is -3.96. The van der Waals surface area contributed by atoms with E-state index in [1.54, 1.807) is 13.3 Å². The van der Waals surface area contributed by atoms with Gasteiger partial charge in [0.1, 0.15) is 29.4 Å². The Kier molecular flexibility index (Phi) is 6.05. The Labute approximate surface area is 183 Å². The third kappa shape index (κ3) is 4.17. The van der Waals surface area contributed by atoms with Gasteiger partial charge < -0.3 is 9.47 Å². The molecule has 31 heavy (non-hydrogen) atoms. The number of nitrogens with zero attached hydrogens (tertiary/aromatic N) is 4. The fourth-order valence-corrected chi connectivity index (χ4v) is 4.28. The number of anilines is 1. The van der Waals surface area contributed by atoms with Gasteiger partial charge in [-0.15, -0.1) is 11.3 Å². The first kappa shape index (κ1) is 20.3. The molecule has 0 aliphatic rings. The maximum atomic E-state index is 9.85. The standard InChI is InChI=1S/C23H19N5O2S/c1-3-30-19-10-5-4-9-17(19)21-18(12-24)20-22(31-21)23(26-14-25-20)28-27-13-15-7-6-8-16(11-15)29-2/h4-11,13-14H,3H2,1-2H3,(H,25,26,28). The molecule has 0 aliphatic heterocycles. The number of hydrogen-bond donors (Lipinski definition) is 1. The van der Waals surface area contributed by atoms with Crippen molar-refractivity contribution in [3.63, 3.8) is 0 Å². The second-order valence-electron chi connectivity index (χ2n) is 6.39. The van der Waals surface area contributed by atoms with Gasteiger partial charge >= 0.3 is 0 Å². The number of aromatic nitrogens is 2. The van der Waals surface area contributed by atoms with Crippen molar-refractivity contribution in [3.8, 4) is 28.0 Å². The summed E-state index contributed by atoms with van der Waals surface area (Å²) in [5.74, 6) is 2.01. The molecule has 4 rings (SSSR count). The van der Waals surface area contributed by atoms with Crippen LogP contribution in [0.2, 0.25) is 0 Å². The van der Waals surface area contributed by atoms with Gasteiger partial charge in [-0.3, -0.25) is 5.43 Å². The van der Waals surface area contributed by atoms with Crippen molar-refractivity contribution < 1.29 is 9.47 Å². The summed E-state index contributed by atoms with van der Waals surface area (Å²) < 4.78 is 11.7. The van der Waals surface area contributed by atoms with Crippen LogP contribution >= 0.6 is 11.3 Å². The van der Waals surface area contributed by atoms with Crippen LogP contribution < -0.4 is 14.9 Å². The van der Waals surface area contributed by atoms with Gasteiger partial charge in [0, 0.05) is 5.56 Å². The zero-order chi connectivity index (χ0) is 21.6. The lowest BCUT2D eigenvalue weighted by atomic mass is 10.1. The van der Waals surface area contributed by atoms with E-state index in [2.05, 4.69) is 26.6 Å². The fraction of sp³-hybridized carbons (Fsp3) is 0.130. The molecule has 4 aromatic rings. The lowest BCUT2D eigenvalue weighted by Gasteiger charge is -2.08. The van der Waals surface area contributed by atoms with Gasteiger partial charge in [0.05, 0.1) is 35.1 Å². The summed E-state index contributed by atoms with van der Waals surface area (Å²) in [4.78, 5) is 9.47. The molecule has 7 nitrogen and oxygen atoms in total. The third-order valence-electron chi connectivity index (χ3n) is 4.49. The average molecular weight is 430 g/mol. The summed E-state index contributed by atoms with van der Waals surface area (Å²) in [6.07, 6.45) is 3.11. The van der Waals surface area contributed by atoms with E-state index in [0.29, 0.717) is 23.5 Å². The van der Waals surface area contributed by atoms with Gasteiger partial charge in [0.25, 0.3) is 0 Å². The van der Waals surface area contributed by atoms with Crippen LogP contribution in [-0.4, -0.2) is 29.9 Å². The molecule has 0 saturated carbocycles. The molecule has 2 aromatic heterocycles. The van der Waals surface area contributed by atoms with Crippen molar-refractivity contribution in [1.29, 1.82) is 5.26 Å². The molecule has 1 N–H and O–H groups in total. The highest BCUT2D eigenvalue weighted by Gasteiger charge is 2.20. The number of para-hydroxylation sites is 1. The van der Waals surface area contributed by atoms with Crippen LogP contribution in [0.5, 0.6) is 11.5 Å². The summed E-state index contributed by atoms with van der Waals surface area (Å²) in [5.41, 5.74) is 5.80. The number of thiophene rings is 1. The van der Waals surface area contributed by atoms with Crippen LogP contribution in [0.15, 0.2) is 60.0 Å². The normalized spacial score (nSPS) is 10.9. The summed E-state index contributed by atoms with van der Waals surface area (Å²) in [6, 6.07) is 17.5. The van der Waals surface area contributed by atoms with Crippen molar-refractivity contribution >= 4 is 33.6 Å². The summed E-state index contributed by atoms with van der Waals surface area (Å²) in [6.45, 7) is 2.47. The Morgan fingerprint density at radius 2 is 2.06 bits per heavy atom. The lowest BCUT2D eigenvalue weighted by molar-refractivity contribution is 0.341. The Balaban J connectivity index is 1.72. The number of nitrogens with one attached hydrogen (secondary N) is 1. The number of ether oxygens (including phenoxy) is 2. The molecular formula is C23H19N5O2S. The number of methoxy groups -OCH3 is 1. The largest absolute Gasteiger partial charge is 0.497 e. The van der Waals surface area contributed by atoms with Gasteiger partial charge in [-0.2, -0.15) is 10.4 Å². The minimum atomic E-state index is 0.495. The number of nitriles is 1. The molecule has 0 radical (unpaired) electrons. The zero-order valence-corrected chi connectivity index (χ0v) is 17.8. The predicted octanol–water partition coefficient (Wildman–Crippen LogP) is 5.08. The Morgan fingerprint density at radius 3 is 2.87 bits per heavy atom. The van der Waals surface area contributed by atoms with E-state index in [1.807, 2.05) is 55.5 Å². The van der Waals surface area contributed by atoms with Crippen molar-refractivity contribution in [3.05, 3.63) is 66.0 Å². The molecule has 2 heterocycles. The number of hydrazone groups is 1. The summed E-state index contributed by atoms with van der Waals surface area (Å²) in [7, 11) is 1.62. The smallest absolute Gasteiger partial charge is 0.167 e. The second kappa shape index (κ2) is 9.24. The molecule has 154 valence electrons. The lowest BCUT2D eigenvalue weighted by Crippen LogP contribution is -1.95. The van der Waals surface area contributed by atoms with Gasteiger partial charge in [-0.25, -0.2) is 9.97 Å². The molecule has 8 heteroatoms. The predicted molar refractivity (Wildman–Crippen MR) is 123 cm³/mol. The quantitative estimate of drug-likeness (QED) is 0.325. The number of fused-ring (bicyclic) bond motifs is 1. The SMILES string of the molecule is CCOc1ccccc1-c1sc2c(NN=Cc3cccc(OC)c3)ncnc2c1C#N. The van der Waals surface area contributed by atoms with Crippen LogP contribution in [0, 0.1) is 11.3 Å². The first-order chi connectivity index (χ1) is 15.2. The highest BCUT2D eigenvalue weighted by molar-refractivity contribution is 7.23. The van der Waals surface area contributed by atoms with E-state index < -0.39 is 0 Å². The van der Waals surface area contributed by atoms with Crippen molar-refractivity contribution in [2.24, 2.45) is 5.10 Å². The van der Waals surface area contributed by atoms with Gasteiger partial charge in [0.2, 0.25) is 0 Å². The van der Waals surface area contributed by atoms with E-state index >= 15 is 0 Å².